The minimum Gasteiger partial charge on any atom is -0.382 e. The Hall–Kier alpha value is -2.63. The van der Waals surface area contributed by atoms with E-state index in [1.165, 1.54) is 0 Å². The summed E-state index contributed by atoms with van der Waals surface area (Å²) < 4.78 is 1.65. The first-order valence-corrected chi connectivity index (χ1v) is 5.51. The zero-order chi connectivity index (χ0) is 12.5. The molecule has 0 spiro atoms. The van der Waals surface area contributed by atoms with Crippen molar-refractivity contribution in [1.29, 1.82) is 0 Å². The first-order valence-electron chi connectivity index (χ1n) is 5.51. The molecule has 0 fully saturated rings. The van der Waals surface area contributed by atoms with Crippen LogP contribution in [0.5, 0.6) is 0 Å². The van der Waals surface area contributed by atoms with E-state index in [-0.39, 0.29) is 0 Å². The van der Waals surface area contributed by atoms with Crippen LogP contribution in [0, 0.1) is 0 Å². The summed E-state index contributed by atoms with van der Waals surface area (Å²) in [5.74, 6) is 1.71. The minimum absolute atomic E-state index is 0.438. The smallest absolute Gasteiger partial charge is 0.181 e. The number of nitrogens with two attached hydrogens (primary N) is 1. The van der Waals surface area contributed by atoms with Crippen LogP contribution in [-0.4, -0.2) is 25.0 Å². The van der Waals surface area contributed by atoms with Gasteiger partial charge < -0.3 is 5.73 Å². The second-order valence-corrected chi connectivity index (χ2v) is 3.98. The zero-order valence-electron chi connectivity index (χ0n) is 9.83. The van der Waals surface area contributed by atoms with E-state index in [1.54, 1.807) is 4.68 Å². The molecule has 18 heavy (non-hydrogen) atoms. The number of hydrogen-bond donors (Lipinski definition) is 2. The number of nitrogens with one attached hydrogen (secondary N) is 1. The number of hydrogen-bond acceptors (Lipinski definition) is 4. The third kappa shape index (κ3) is 1.73. The molecule has 0 unspecified atom stereocenters. The number of benzene rings is 1. The van der Waals surface area contributed by atoms with Crippen LogP contribution in [0.3, 0.4) is 0 Å². The summed E-state index contributed by atoms with van der Waals surface area (Å²) in [5, 5.41) is 11.1. The topological polar surface area (TPSA) is 85.4 Å². The molecule has 1 aromatic carbocycles. The minimum atomic E-state index is 0.438. The fraction of sp³-hybridized carbons (Fsp3) is 0.0833. The summed E-state index contributed by atoms with van der Waals surface area (Å²) in [6.07, 6.45) is 1.81. The maximum atomic E-state index is 5.80. The highest BCUT2D eigenvalue weighted by atomic mass is 15.3. The molecule has 0 radical (unpaired) electrons. The van der Waals surface area contributed by atoms with Crippen molar-refractivity contribution in [1.82, 2.24) is 25.0 Å². The Morgan fingerprint density at radius 2 is 2.00 bits per heavy atom. The van der Waals surface area contributed by atoms with Gasteiger partial charge in [0.05, 0.1) is 5.56 Å². The summed E-state index contributed by atoms with van der Waals surface area (Å²) in [6.45, 7) is 0. The van der Waals surface area contributed by atoms with E-state index in [9.17, 15) is 0 Å². The van der Waals surface area contributed by atoms with Crippen molar-refractivity contribution in [3.63, 3.8) is 0 Å². The van der Waals surface area contributed by atoms with E-state index in [2.05, 4.69) is 20.3 Å². The van der Waals surface area contributed by atoms with Crippen molar-refractivity contribution in [2.24, 2.45) is 7.05 Å². The lowest BCUT2D eigenvalue weighted by Gasteiger charge is -1.92. The Labute approximate surface area is 103 Å². The van der Waals surface area contributed by atoms with E-state index in [1.807, 2.05) is 43.6 Å². The molecule has 0 bridgehead atoms. The van der Waals surface area contributed by atoms with Crippen molar-refractivity contribution in [3.8, 4) is 22.8 Å². The van der Waals surface area contributed by atoms with Gasteiger partial charge in [-0.25, -0.2) is 4.98 Å². The fourth-order valence-electron chi connectivity index (χ4n) is 1.79. The van der Waals surface area contributed by atoms with Crippen LogP contribution >= 0.6 is 0 Å². The molecule has 90 valence electrons. The average Bonchev–Trinajstić information content (AvgIpc) is 2.97. The van der Waals surface area contributed by atoms with Crippen LogP contribution in [0.15, 0.2) is 36.5 Å². The molecule has 3 N–H and O–H groups in total. The number of aryl methyl sites for hydroxylation is 1. The van der Waals surface area contributed by atoms with Crippen molar-refractivity contribution in [2.45, 2.75) is 0 Å². The van der Waals surface area contributed by atoms with E-state index in [4.69, 9.17) is 5.73 Å². The number of aromatic nitrogens is 5. The van der Waals surface area contributed by atoms with Gasteiger partial charge in [0.25, 0.3) is 0 Å². The van der Waals surface area contributed by atoms with Gasteiger partial charge in [-0.05, 0) is 0 Å². The van der Waals surface area contributed by atoms with Crippen molar-refractivity contribution in [2.75, 3.05) is 5.73 Å². The highest BCUT2D eigenvalue weighted by molar-refractivity contribution is 5.69. The molecular formula is C12H12N6. The van der Waals surface area contributed by atoms with Crippen LogP contribution in [0.4, 0.5) is 5.82 Å². The lowest BCUT2D eigenvalue weighted by Crippen LogP contribution is -1.91. The van der Waals surface area contributed by atoms with E-state index >= 15 is 0 Å². The van der Waals surface area contributed by atoms with Crippen molar-refractivity contribution in [3.05, 3.63) is 36.5 Å². The molecule has 3 aromatic rings. The molecule has 0 aliphatic carbocycles. The number of nitrogens with zero attached hydrogens (tertiary/aromatic N) is 4. The highest BCUT2D eigenvalue weighted by Gasteiger charge is 2.12. The molecule has 2 aromatic heterocycles. The Morgan fingerprint density at radius 1 is 1.22 bits per heavy atom. The molecule has 6 nitrogen and oxygen atoms in total. The standard InChI is InChI=1S/C12H12N6/c1-18-7-9(10(13)17-18)12-14-11(15-16-12)8-5-3-2-4-6-8/h2-7H,1H3,(H2,13,17)(H,14,15,16). The second-order valence-electron chi connectivity index (χ2n) is 3.98. The van der Waals surface area contributed by atoms with Crippen molar-refractivity contribution < 1.29 is 0 Å². The van der Waals surface area contributed by atoms with Gasteiger partial charge in [0.2, 0.25) is 0 Å². The van der Waals surface area contributed by atoms with Gasteiger partial charge in [0.15, 0.2) is 17.5 Å². The number of rotatable bonds is 2. The number of aromatic amines is 1. The first-order chi connectivity index (χ1) is 8.74. The fourth-order valence-corrected chi connectivity index (χ4v) is 1.79. The number of nitrogen functional groups attached to an aromatic ring is 1. The van der Waals surface area contributed by atoms with Crippen molar-refractivity contribution >= 4 is 5.82 Å². The van der Waals surface area contributed by atoms with Crippen LogP contribution in [0.2, 0.25) is 0 Å². The SMILES string of the molecule is Cn1cc(-c2nc(-c3ccccc3)n[nH]2)c(N)n1. The van der Waals surface area contributed by atoms with E-state index in [0.717, 1.165) is 11.1 Å². The van der Waals surface area contributed by atoms with Crippen LogP contribution in [0.1, 0.15) is 0 Å². The quantitative estimate of drug-likeness (QED) is 0.710. The summed E-state index contributed by atoms with van der Waals surface area (Å²) in [7, 11) is 1.81. The molecular weight excluding hydrogens is 228 g/mol. The first kappa shape index (κ1) is 10.5. The lowest BCUT2D eigenvalue weighted by molar-refractivity contribution is 0.772. The molecule has 0 amide bonds. The van der Waals surface area contributed by atoms with Gasteiger partial charge in [-0.1, -0.05) is 30.3 Å². The Balaban J connectivity index is 2.02. The lowest BCUT2D eigenvalue weighted by atomic mass is 10.2. The van der Waals surface area contributed by atoms with Gasteiger partial charge in [-0.2, -0.15) is 10.2 Å². The van der Waals surface area contributed by atoms with Gasteiger partial charge in [-0.15, -0.1) is 0 Å². The molecule has 2 heterocycles. The molecule has 0 saturated heterocycles. The summed E-state index contributed by atoms with van der Waals surface area (Å²) >= 11 is 0. The Morgan fingerprint density at radius 3 is 2.67 bits per heavy atom. The van der Waals surface area contributed by atoms with Gasteiger partial charge in [0, 0.05) is 18.8 Å². The van der Waals surface area contributed by atoms with E-state index < -0.39 is 0 Å². The summed E-state index contributed by atoms with van der Waals surface area (Å²) in [4.78, 5) is 4.42. The monoisotopic (exact) mass is 240 g/mol. The molecule has 6 heteroatoms. The van der Waals surface area contributed by atoms with Crippen LogP contribution in [0.25, 0.3) is 22.8 Å². The van der Waals surface area contributed by atoms with Gasteiger partial charge >= 0.3 is 0 Å². The third-order valence-corrected chi connectivity index (χ3v) is 2.63. The van der Waals surface area contributed by atoms with E-state index in [0.29, 0.717) is 17.5 Å². The predicted octanol–water partition coefficient (Wildman–Crippen LogP) is 1.45. The zero-order valence-corrected chi connectivity index (χ0v) is 9.83. The molecule has 0 aliphatic heterocycles. The Bertz CT molecular complexity index is 667. The molecule has 0 saturated carbocycles. The largest absolute Gasteiger partial charge is 0.382 e. The average molecular weight is 240 g/mol. The maximum absolute atomic E-state index is 5.80. The summed E-state index contributed by atoms with van der Waals surface area (Å²) in [6, 6.07) is 9.77. The second kappa shape index (κ2) is 3.99. The predicted molar refractivity (Wildman–Crippen MR) is 68.4 cm³/mol. The maximum Gasteiger partial charge on any atom is 0.181 e. The molecule has 0 atom stereocenters. The highest BCUT2D eigenvalue weighted by Crippen LogP contribution is 2.23. The van der Waals surface area contributed by atoms with Crippen LogP contribution < -0.4 is 5.73 Å². The van der Waals surface area contributed by atoms with Gasteiger partial charge in [-0.3, -0.25) is 9.78 Å². The third-order valence-electron chi connectivity index (χ3n) is 2.63. The molecule has 3 rings (SSSR count). The van der Waals surface area contributed by atoms with Crippen LogP contribution in [-0.2, 0) is 7.05 Å². The Kier molecular flexibility index (Phi) is 2.33. The number of anilines is 1. The summed E-state index contributed by atoms with van der Waals surface area (Å²) in [5.41, 5.74) is 7.52. The number of H-pyrrole nitrogens is 1. The molecule has 0 aliphatic rings. The normalized spacial score (nSPS) is 10.7. The van der Waals surface area contributed by atoms with Gasteiger partial charge in [0.1, 0.15) is 0 Å².